The first-order valence-electron chi connectivity index (χ1n) is 13.1. The SMILES string of the molecule is CCCCCCCCCCCC.CCCCCCCCCCCC.S=C(S)S.S=C(S)S. The van der Waals surface area contributed by atoms with Crippen LogP contribution in [0.2, 0.25) is 0 Å². The fourth-order valence-electron chi connectivity index (χ4n) is 3.12. The molecule has 0 amide bonds. The number of hydrogen-bond acceptors (Lipinski definition) is 2. The maximum absolute atomic E-state index is 4.27. The molecular formula is C26H56S6. The van der Waals surface area contributed by atoms with E-state index in [4.69, 9.17) is 0 Å². The Hall–Kier alpha value is 1.58. The molecule has 0 spiro atoms. The lowest BCUT2D eigenvalue weighted by molar-refractivity contribution is 0.562. The van der Waals surface area contributed by atoms with Gasteiger partial charge in [-0.25, -0.2) is 0 Å². The molecule has 0 rings (SSSR count). The van der Waals surface area contributed by atoms with Gasteiger partial charge in [0.2, 0.25) is 0 Å². The first-order valence-corrected chi connectivity index (χ1v) is 15.7. The van der Waals surface area contributed by atoms with Crippen LogP contribution in [0.5, 0.6) is 0 Å². The maximum atomic E-state index is 4.27. The summed E-state index contributed by atoms with van der Waals surface area (Å²) >= 11 is 22.8. The smallest absolute Gasteiger partial charge is 0.0976 e. The van der Waals surface area contributed by atoms with Crippen molar-refractivity contribution in [2.45, 2.75) is 156 Å². The highest BCUT2D eigenvalue weighted by atomic mass is 32.2. The number of unbranched alkanes of at least 4 members (excludes halogenated alkanes) is 18. The van der Waals surface area contributed by atoms with Gasteiger partial charge in [0.25, 0.3) is 0 Å². The van der Waals surface area contributed by atoms with Gasteiger partial charge < -0.3 is 0 Å². The number of hydrogen-bond donors (Lipinski definition) is 4. The van der Waals surface area contributed by atoms with Crippen molar-refractivity contribution in [3.05, 3.63) is 0 Å². The minimum Gasteiger partial charge on any atom is -0.125 e. The fourth-order valence-corrected chi connectivity index (χ4v) is 3.12. The van der Waals surface area contributed by atoms with Crippen LogP contribution < -0.4 is 0 Å². The van der Waals surface area contributed by atoms with Gasteiger partial charge in [0.1, 0.15) is 0 Å². The second-order valence-corrected chi connectivity index (χ2v) is 12.7. The zero-order valence-corrected chi connectivity index (χ0v) is 27.0. The largest absolute Gasteiger partial charge is 0.125 e. The van der Waals surface area contributed by atoms with E-state index in [2.05, 4.69) is 103 Å². The molecule has 32 heavy (non-hydrogen) atoms. The molecule has 0 aliphatic rings. The molecule has 0 atom stereocenters. The molecule has 0 fully saturated rings. The summed E-state index contributed by atoms with van der Waals surface area (Å²) in [5.41, 5.74) is 0. The first kappa shape index (κ1) is 40.7. The van der Waals surface area contributed by atoms with Crippen molar-refractivity contribution in [1.29, 1.82) is 0 Å². The van der Waals surface area contributed by atoms with Crippen LogP contribution in [0.4, 0.5) is 0 Å². The van der Waals surface area contributed by atoms with E-state index in [1.165, 1.54) is 128 Å². The van der Waals surface area contributed by atoms with Gasteiger partial charge in [0, 0.05) is 0 Å². The zero-order valence-electron chi connectivity index (χ0n) is 21.7. The summed E-state index contributed by atoms with van der Waals surface area (Å²) in [5.74, 6) is 0. The molecule has 0 aromatic rings. The topological polar surface area (TPSA) is 0 Å². The predicted octanol–water partition coefficient (Wildman–Crippen LogP) is 12.1. The highest BCUT2D eigenvalue weighted by Gasteiger charge is 1.91. The Bertz CT molecular complexity index is 274. The van der Waals surface area contributed by atoms with Gasteiger partial charge in [-0.3, -0.25) is 0 Å². The standard InChI is InChI=1S/2C12H26.2CH2S3/c2*1-3-5-7-9-11-12-10-8-6-4-2;2*2-1(3)4/h2*3-12H2,1-2H3;2*(H2,2,3,4). The van der Waals surface area contributed by atoms with E-state index < -0.39 is 0 Å². The van der Waals surface area contributed by atoms with Gasteiger partial charge in [-0.2, -0.15) is 0 Å². The lowest BCUT2D eigenvalue weighted by Gasteiger charge is -1.99. The van der Waals surface area contributed by atoms with Crippen LogP contribution in [0.25, 0.3) is 0 Å². The Morgan fingerprint density at radius 3 is 0.531 bits per heavy atom. The molecule has 0 saturated heterocycles. The minimum absolute atomic E-state index is 0.389. The summed E-state index contributed by atoms with van der Waals surface area (Å²) in [5, 5.41) is 0. The molecule has 0 heterocycles. The van der Waals surface area contributed by atoms with Crippen molar-refractivity contribution >= 4 is 82.0 Å². The van der Waals surface area contributed by atoms with Gasteiger partial charge in [-0.15, -0.1) is 50.5 Å². The number of thiocarbonyl (C=S) groups is 2. The van der Waals surface area contributed by atoms with Gasteiger partial charge >= 0.3 is 0 Å². The predicted molar refractivity (Wildman–Crippen MR) is 176 cm³/mol. The zero-order chi connectivity index (χ0) is 25.3. The van der Waals surface area contributed by atoms with E-state index in [0.29, 0.717) is 7.06 Å². The molecule has 0 aliphatic heterocycles. The lowest BCUT2D eigenvalue weighted by atomic mass is 10.1. The van der Waals surface area contributed by atoms with Gasteiger partial charge in [-0.05, 0) is 0 Å². The van der Waals surface area contributed by atoms with Gasteiger partial charge in [0.15, 0.2) is 0 Å². The average molecular weight is 561 g/mol. The van der Waals surface area contributed by atoms with E-state index in [1.54, 1.807) is 0 Å². The van der Waals surface area contributed by atoms with Crippen LogP contribution in [0.15, 0.2) is 0 Å². The molecule has 0 saturated carbocycles. The molecule has 0 aromatic heterocycles. The molecule has 0 aliphatic carbocycles. The Morgan fingerprint density at radius 1 is 0.344 bits per heavy atom. The summed E-state index contributed by atoms with van der Waals surface area (Å²) in [4.78, 5) is 0. The third-order valence-electron chi connectivity index (χ3n) is 4.91. The molecule has 0 N–H and O–H groups in total. The molecule has 6 heteroatoms. The molecular weight excluding hydrogens is 505 g/mol. The second kappa shape index (κ2) is 42.7. The number of thiol groups is 4. The monoisotopic (exact) mass is 560 g/mol. The lowest BCUT2D eigenvalue weighted by Crippen LogP contribution is -1.80. The van der Waals surface area contributed by atoms with Crippen molar-refractivity contribution in [3.63, 3.8) is 0 Å². The Kier molecular flexibility index (Phi) is 54.4. The van der Waals surface area contributed by atoms with Gasteiger partial charge in [0.05, 0.1) is 7.06 Å². The third-order valence-corrected chi connectivity index (χ3v) is 4.91. The normalized spacial score (nSPS) is 9.50. The maximum Gasteiger partial charge on any atom is 0.0976 e. The van der Waals surface area contributed by atoms with E-state index in [1.807, 2.05) is 0 Å². The summed E-state index contributed by atoms with van der Waals surface area (Å²) < 4.78 is 0.778. The van der Waals surface area contributed by atoms with Gasteiger partial charge in [-0.1, -0.05) is 181 Å². The highest BCUT2D eigenvalue weighted by Crippen LogP contribution is 2.10. The number of rotatable bonds is 18. The average Bonchev–Trinajstić information content (AvgIpc) is 2.72. The molecule has 0 radical (unpaired) electrons. The summed E-state index contributed by atoms with van der Waals surface area (Å²) in [7, 11) is 0. The summed E-state index contributed by atoms with van der Waals surface area (Å²) in [6.07, 6.45) is 28.9. The molecule has 0 bridgehead atoms. The van der Waals surface area contributed by atoms with Crippen LogP contribution in [0.1, 0.15) is 156 Å². The van der Waals surface area contributed by atoms with Crippen molar-refractivity contribution in [3.8, 4) is 0 Å². The fraction of sp³-hybridized carbons (Fsp3) is 0.923. The van der Waals surface area contributed by atoms with Crippen LogP contribution in [0, 0.1) is 0 Å². The van der Waals surface area contributed by atoms with Crippen LogP contribution >= 0.6 is 75.0 Å². The Balaban J connectivity index is -0.000000184. The van der Waals surface area contributed by atoms with E-state index in [9.17, 15) is 0 Å². The van der Waals surface area contributed by atoms with E-state index in [-0.39, 0.29) is 0 Å². The van der Waals surface area contributed by atoms with Crippen LogP contribution in [-0.4, -0.2) is 7.06 Å². The Morgan fingerprint density at radius 2 is 0.438 bits per heavy atom. The minimum atomic E-state index is 0.389. The van der Waals surface area contributed by atoms with Crippen molar-refractivity contribution < 1.29 is 0 Å². The third kappa shape index (κ3) is 77.0. The van der Waals surface area contributed by atoms with Crippen LogP contribution in [0.3, 0.4) is 0 Å². The van der Waals surface area contributed by atoms with E-state index in [0.717, 1.165) is 0 Å². The van der Waals surface area contributed by atoms with Crippen molar-refractivity contribution in [2.24, 2.45) is 0 Å². The quantitative estimate of drug-likeness (QED) is 0.0747. The molecule has 0 aromatic carbocycles. The molecule has 0 nitrogen and oxygen atoms in total. The molecule has 196 valence electrons. The van der Waals surface area contributed by atoms with Crippen LogP contribution in [-0.2, 0) is 0 Å². The summed E-state index contributed by atoms with van der Waals surface area (Å²) in [6.45, 7) is 9.12. The highest BCUT2D eigenvalue weighted by molar-refractivity contribution is 8.35. The first-order chi connectivity index (χ1) is 15.3. The van der Waals surface area contributed by atoms with Crippen molar-refractivity contribution in [2.75, 3.05) is 0 Å². The Labute approximate surface area is 236 Å². The summed E-state index contributed by atoms with van der Waals surface area (Å²) in [6, 6.07) is 0. The molecule has 0 unspecified atom stereocenters. The van der Waals surface area contributed by atoms with Crippen molar-refractivity contribution in [1.82, 2.24) is 0 Å². The van der Waals surface area contributed by atoms with E-state index >= 15 is 0 Å². The second-order valence-electron chi connectivity index (χ2n) is 8.22.